The zero-order chi connectivity index (χ0) is 15.7. The molecule has 1 amide bonds. The first-order valence-corrected chi connectivity index (χ1v) is 7.86. The predicted octanol–water partition coefficient (Wildman–Crippen LogP) is 0.979. The summed E-state index contributed by atoms with van der Waals surface area (Å²) < 4.78 is 5.70. The third-order valence-corrected chi connectivity index (χ3v) is 4.37. The third kappa shape index (κ3) is 3.35. The van der Waals surface area contributed by atoms with Gasteiger partial charge < -0.3 is 15.6 Å². The molecule has 1 fully saturated rings. The number of halogens is 1. The number of piperidine rings is 1. The summed E-state index contributed by atoms with van der Waals surface area (Å²) >= 11 is 5.92. The number of aliphatic hydroxyl groups is 1. The van der Waals surface area contributed by atoms with Crippen molar-refractivity contribution in [2.45, 2.75) is 37.5 Å². The molecule has 1 aromatic carbocycles. The van der Waals surface area contributed by atoms with Gasteiger partial charge in [-0.25, -0.2) is 5.01 Å². The summed E-state index contributed by atoms with van der Waals surface area (Å²) in [6, 6.07) is 5.24. The lowest BCUT2D eigenvalue weighted by molar-refractivity contribution is -0.136. The summed E-state index contributed by atoms with van der Waals surface area (Å²) in [5.74, 6) is 0.263. The molecule has 2 atom stereocenters. The minimum absolute atomic E-state index is 0.206. The number of nitrogens with zero attached hydrogens (tertiary/aromatic N) is 1. The molecule has 0 aliphatic carbocycles. The van der Waals surface area contributed by atoms with Crippen LogP contribution < -0.4 is 15.9 Å². The zero-order valence-corrected chi connectivity index (χ0v) is 12.9. The Morgan fingerprint density at radius 2 is 2.14 bits per heavy atom. The Morgan fingerprint density at radius 3 is 2.86 bits per heavy atom. The van der Waals surface area contributed by atoms with Crippen LogP contribution in [0.2, 0.25) is 5.02 Å². The van der Waals surface area contributed by atoms with Crippen LogP contribution in [0.1, 0.15) is 30.9 Å². The Morgan fingerprint density at radius 1 is 1.41 bits per heavy atom. The van der Waals surface area contributed by atoms with E-state index in [-0.39, 0.29) is 18.4 Å². The van der Waals surface area contributed by atoms with Gasteiger partial charge in [0.2, 0.25) is 0 Å². The van der Waals surface area contributed by atoms with Gasteiger partial charge in [0.15, 0.2) is 6.10 Å². The number of nitrogens with two attached hydrogens (primary N) is 1. The highest BCUT2D eigenvalue weighted by atomic mass is 35.5. The van der Waals surface area contributed by atoms with E-state index in [2.05, 4.69) is 5.43 Å². The Balaban J connectivity index is 1.63. The summed E-state index contributed by atoms with van der Waals surface area (Å²) in [5.41, 5.74) is 9.32. The van der Waals surface area contributed by atoms with Crippen LogP contribution >= 0.6 is 11.6 Å². The van der Waals surface area contributed by atoms with Gasteiger partial charge in [0.1, 0.15) is 5.75 Å². The van der Waals surface area contributed by atoms with E-state index < -0.39 is 12.2 Å². The van der Waals surface area contributed by atoms with Gasteiger partial charge in [0.05, 0.1) is 6.10 Å². The molecule has 1 aromatic rings. The maximum atomic E-state index is 12.3. The molecule has 7 heteroatoms. The molecule has 4 N–H and O–H groups in total. The van der Waals surface area contributed by atoms with Crippen LogP contribution in [0.5, 0.6) is 5.75 Å². The molecule has 2 heterocycles. The molecule has 2 aliphatic rings. The van der Waals surface area contributed by atoms with Gasteiger partial charge in [-0.3, -0.25) is 10.2 Å². The van der Waals surface area contributed by atoms with Crippen molar-refractivity contribution in [2.75, 3.05) is 13.1 Å². The van der Waals surface area contributed by atoms with Crippen molar-refractivity contribution in [1.29, 1.82) is 0 Å². The molecule has 120 valence electrons. The smallest absolute Gasteiger partial charge is 0.275 e. The van der Waals surface area contributed by atoms with Crippen molar-refractivity contribution >= 4 is 17.5 Å². The summed E-state index contributed by atoms with van der Waals surface area (Å²) in [5, 5.41) is 12.6. The normalized spacial score (nSPS) is 26.1. The monoisotopic (exact) mass is 325 g/mol. The van der Waals surface area contributed by atoms with Crippen molar-refractivity contribution in [3.8, 4) is 5.75 Å². The SMILES string of the molecule is NC1CCN(NC(=O)[C@H]2C[C@@H](O)c3cc(Cl)ccc3O2)CC1. The Labute approximate surface area is 134 Å². The second-order valence-corrected chi connectivity index (χ2v) is 6.28. The molecule has 0 radical (unpaired) electrons. The fourth-order valence-corrected chi connectivity index (χ4v) is 3.00. The average Bonchev–Trinajstić information content (AvgIpc) is 2.50. The number of ether oxygens (including phenoxy) is 1. The maximum absolute atomic E-state index is 12.3. The van der Waals surface area contributed by atoms with E-state index in [1.54, 1.807) is 18.2 Å². The number of hydrogen-bond acceptors (Lipinski definition) is 5. The van der Waals surface area contributed by atoms with E-state index in [0.717, 1.165) is 25.9 Å². The number of rotatable bonds is 2. The fourth-order valence-electron chi connectivity index (χ4n) is 2.82. The molecule has 1 saturated heterocycles. The van der Waals surface area contributed by atoms with Gasteiger partial charge >= 0.3 is 0 Å². The standard InChI is InChI=1S/C15H20ClN3O3/c16-9-1-2-13-11(7-9)12(20)8-14(22-13)15(21)18-19-5-3-10(17)4-6-19/h1-2,7,10,12,14,20H,3-6,8,17H2,(H,18,21)/t12-,14-/m1/s1. The van der Waals surface area contributed by atoms with Crippen molar-refractivity contribution in [3.63, 3.8) is 0 Å². The molecule has 2 aliphatic heterocycles. The van der Waals surface area contributed by atoms with Gasteiger partial charge in [-0.05, 0) is 31.0 Å². The van der Waals surface area contributed by atoms with Crippen molar-refractivity contribution in [1.82, 2.24) is 10.4 Å². The molecule has 3 rings (SSSR count). The Hall–Kier alpha value is -1.34. The number of nitrogens with one attached hydrogen (secondary N) is 1. The van der Waals surface area contributed by atoms with Gasteiger partial charge in [-0.1, -0.05) is 11.6 Å². The minimum atomic E-state index is -0.757. The number of carbonyl (C=O) groups excluding carboxylic acids is 1. The van der Waals surface area contributed by atoms with Crippen LogP contribution in [-0.2, 0) is 4.79 Å². The highest BCUT2D eigenvalue weighted by Crippen LogP contribution is 2.36. The van der Waals surface area contributed by atoms with Crippen molar-refractivity contribution in [3.05, 3.63) is 28.8 Å². The van der Waals surface area contributed by atoms with Crippen molar-refractivity contribution in [2.24, 2.45) is 5.73 Å². The largest absolute Gasteiger partial charge is 0.480 e. The Bertz CT molecular complexity index is 561. The first-order valence-electron chi connectivity index (χ1n) is 7.48. The van der Waals surface area contributed by atoms with Crippen LogP contribution in [0.3, 0.4) is 0 Å². The topological polar surface area (TPSA) is 87.8 Å². The number of carbonyl (C=O) groups is 1. The second-order valence-electron chi connectivity index (χ2n) is 5.84. The summed E-state index contributed by atoms with van der Waals surface area (Å²) in [7, 11) is 0. The number of fused-ring (bicyclic) bond motifs is 1. The van der Waals surface area contributed by atoms with Crippen molar-refractivity contribution < 1.29 is 14.6 Å². The van der Waals surface area contributed by atoms with E-state index in [1.165, 1.54) is 0 Å². The predicted molar refractivity (Wildman–Crippen MR) is 82.4 cm³/mol. The molecule has 0 aromatic heterocycles. The molecule has 0 bridgehead atoms. The summed E-state index contributed by atoms with van der Waals surface area (Å²) in [4.78, 5) is 12.3. The minimum Gasteiger partial charge on any atom is -0.480 e. The van der Waals surface area contributed by atoms with E-state index in [4.69, 9.17) is 22.1 Å². The summed E-state index contributed by atoms with van der Waals surface area (Å²) in [6.45, 7) is 1.46. The molecule has 22 heavy (non-hydrogen) atoms. The number of amides is 1. The number of hydrazine groups is 1. The molecule has 0 unspecified atom stereocenters. The highest BCUT2D eigenvalue weighted by molar-refractivity contribution is 6.30. The molecule has 0 spiro atoms. The Kier molecular flexibility index (Phi) is 4.54. The molecule has 0 saturated carbocycles. The molecule has 6 nitrogen and oxygen atoms in total. The van der Waals surface area contributed by atoms with E-state index in [1.807, 2.05) is 5.01 Å². The first kappa shape index (κ1) is 15.6. The van der Waals surface area contributed by atoms with E-state index >= 15 is 0 Å². The summed E-state index contributed by atoms with van der Waals surface area (Å²) in [6.07, 6.45) is 0.463. The lowest BCUT2D eigenvalue weighted by Gasteiger charge is -2.33. The van der Waals surface area contributed by atoms with Gasteiger partial charge in [-0.2, -0.15) is 0 Å². The zero-order valence-electron chi connectivity index (χ0n) is 12.2. The number of aliphatic hydroxyl groups excluding tert-OH is 1. The lowest BCUT2D eigenvalue weighted by atomic mass is 9.99. The van der Waals surface area contributed by atoms with Gasteiger partial charge in [0, 0.05) is 36.1 Å². The third-order valence-electron chi connectivity index (χ3n) is 4.14. The number of hydrogen-bond donors (Lipinski definition) is 3. The van der Waals surface area contributed by atoms with Gasteiger partial charge in [0.25, 0.3) is 5.91 Å². The first-order chi connectivity index (χ1) is 10.5. The molecular formula is C15H20ClN3O3. The fraction of sp³-hybridized carbons (Fsp3) is 0.533. The van der Waals surface area contributed by atoms with E-state index in [0.29, 0.717) is 16.3 Å². The van der Waals surface area contributed by atoms with E-state index in [9.17, 15) is 9.90 Å². The second kappa shape index (κ2) is 6.42. The number of benzene rings is 1. The molecular weight excluding hydrogens is 306 g/mol. The lowest BCUT2D eigenvalue weighted by Crippen LogP contribution is -2.53. The quantitative estimate of drug-likeness (QED) is 0.754. The maximum Gasteiger partial charge on any atom is 0.275 e. The van der Waals surface area contributed by atoms with Gasteiger partial charge in [-0.15, -0.1) is 0 Å². The van der Waals surface area contributed by atoms with Crippen LogP contribution in [0.25, 0.3) is 0 Å². The average molecular weight is 326 g/mol. The van der Waals surface area contributed by atoms with Crippen LogP contribution in [0.4, 0.5) is 0 Å². The van der Waals surface area contributed by atoms with Crippen LogP contribution in [0.15, 0.2) is 18.2 Å². The van der Waals surface area contributed by atoms with Crippen LogP contribution in [-0.4, -0.2) is 41.3 Å². The highest BCUT2D eigenvalue weighted by Gasteiger charge is 2.33. The van der Waals surface area contributed by atoms with Crippen LogP contribution in [0, 0.1) is 0 Å².